The predicted molar refractivity (Wildman–Crippen MR) is 97.3 cm³/mol. The molecule has 4 rings (SSSR count). The quantitative estimate of drug-likeness (QED) is 0.738. The average Bonchev–Trinajstić information content (AvgIpc) is 3.07. The maximum atomic E-state index is 2.33. The number of hydrogen-bond acceptors (Lipinski definition) is 0. The van der Waals surface area contributed by atoms with Crippen molar-refractivity contribution in [1.29, 1.82) is 0 Å². The Kier molecular flexibility index (Phi) is 3.87. The van der Waals surface area contributed by atoms with Gasteiger partial charge in [0, 0.05) is 0 Å². The Labute approximate surface area is 131 Å². The summed E-state index contributed by atoms with van der Waals surface area (Å²) < 4.78 is 0. The van der Waals surface area contributed by atoms with Crippen molar-refractivity contribution >= 4 is 27.8 Å². The van der Waals surface area contributed by atoms with E-state index in [1.165, 1.54) is 25.7 Å². The van der Waals surface area contributed by atoms with E-state index in [1.807, 2.05) is 0 Å². The van der Waals surface area contributed by atoms with Crippen LogP contribution in [0, 0.1) is 5.92 Å². The van der Waals surface area contributed by atoms with Crippen molar-refractivity contribution in [2.75, 3.05) is 0 Å². The maximum Gasteiger partial charge on any atom is -0.00107 e. The molecule has 5 atom stereocenters. The van der Waals surface area contributed by atoms with Crippen LogP contribution in [0.2, 0.25) is 0 Å². The van der Waals surface area contributed by atoms with Gasteiger partial charge in [0.05, 0.1) is 0 Å². The van der Waals surface area contributed by atoms with E-state index in [4.69, 9.17) is 0 Å². The number of hydrogen-bond donors (Lipinski definition) is 0. The zero-order valence-electron chi connectivity index (χ0n) is 12.3. The normalized spacial score (nSPS) is 31.8. The van der Waals surface area contributed by atoms with E-state index in [9.17, 15) is 0 Å². The first-order chi connectivity index (χ1) is 10.3. The summed E-state index contributed by atoms with van der Waals surface area (Å²) in [6.45, 7) is 0. The second kappa shape index (κ2) is 5.83. The molecule has 2 fully saturated rings. The van der Waals surface area contributed by atoms with Gasteiger partial charge >= 0.3 is 0 Å². The summed E-state index contributed by atoms with van der Waals surface area (Å²) in [5, 5.41) is 3.76. The Morgan fingerprint density at radius 2 is 1.52 bits per heavy atom. The highest BCUT2D eigenvalue weighted by molar-refractivity contribution is 7.53. The van der Waals surface area contributed by atoms with Crippen molar-refractivity contribution in [2.24, 2.45) is 5.92 Å². The molecule has 2 aromatic rings. The Morgan fingerprint density at radius 1 is 0.857 bits per heavy atom. The minimum absolute atomic E-state index is 0.625. The van der Waals surface area contributed by atoms with Crippen LogP contribution in [0.15, 0.2) is 60.7 Å². The Bertz CT molecular complexity index is 595. The van der Waals surface area contributed by atoms with Crippen molar-refractivity contribution in [1.82, 2.24) is 0 Å². The van der Waals surface area contributed by atoms with Crippen LogP contribution >= 0.6 is 17.2 Å². The summed E-state index contributed by atoms with van der Waals surface area (Å²) in [6.07, 6.45) is 5.92. The fourth-order valence-electron chi connectivity index (χ4n) is 4.20. The zero-order valence-corrected chi connectivity index (χ0v) is 14.3. The summed E-state index contributed by atoms with van der Waals surface area (Å²) >= 11 is 0. The molecular weight excluding hydrogens is 290 g/mol. The lowest BCUT2D eigenvalue weighted by atomic mass is 9.99. The fraction of sp³-hybridized carbons (Fsp3) is 0.368. The second-order valence-electron chi connectivity index (χ2n) is 6.55. The third kappa shape index (κ3) is 2.81. The molecular formula is C19H22P2. The van der Waals surface area contributed by atoms with Gasteiger partial charge in [-0.25, -0.2) is 0 Å². The third-order valence-corrected chi connectivity index (χ3v) is 9.18. The number of fused-ring (bicyclic) bond motifs is 2. The van der Waals surface area contributed by atoms with E-state index in [0.717, 1.165) is 28.7 Å². The van der Waals surface area contributed by atoms with E-state index in [2.05, 4.69) is 60.7 Å². The molecule has 0 saturated heterocycles. The van der Waals surface area contributed by atoms with Crippen LogP contribution in [0.5, 0.6) is 0 Å². The van der Waals surface area contributed by atoms with Crippen LogP contribution in [-0.2, 0) is 0 Å². The lowest BCUT2D eigenvalue weighted by molar-refractivity contribution is 0.507. The minimum Gasteiger partial charge on any atom is -0.0863 e. The monoisotopic (exact) mass is 312 g/mol. The first-order valence-corrected chi connectivity index (χ1v) is 10.1. The van der Waals surface area contributed by atoms with Gasteiger partial charge in [0.2, 0.25) is 0 Å². The molecule has 21 heavy (non-hydrogen) atoms. The van der Waals surface area contributed by atoms with Crippen molar-refractivity contribution in [3.8, 4) is 0 Å². The molecule has 2 aromatic carbocycles. The number of benzene rings is 2. The lowest BCUT2D eigenvalue weighted by Gasteiger charge is -2.35. The van der Waals surface area contributed by atoms with Crippen LogP contribution in [-0.4, -0.2) is 10.8 Å². The van der Waals surface area contributed by atoms with Gasteiger partial charge in [-0.3, -0.25) is 0 Å². The van der Waals surface area contributed by atoms with E-state index >= 15 is 0 Å². The molecule has 0 nitrogen and oxygen atoms in total. The molecule has 5 unspecified atom stereocenters. The first kappa shape index (κ1) is 13.9. The molecule has 108 valence electrons. The largest absolute Gasteiger partial charge is 0.0863 e. The Morgan fingerprint density at radius 3 is 2.19 bits per heavy atom. The zero-order chi connectivity index (χ0) is 14.1. The SMILES string of the molecule is c1ccc(PC2CC3CCC2(Pc2ccccc2)C3)cc1. The molecule has 2 bridgehead atoms. The molecule has 0 amide bonds. The summed E-state index contributed by atoms with van der Waals surface area (Å²) in [5.41, 5.74) is 0.928. The topological polar surface area (TPSA) is 0 Å². The van der Waals surface area contributed by atoms with Gasteiger partial charge in [0.1, 0.15) is 0 Å². The van der Waals surface area contributed by atoms with Crippen LogP contribution < -0.4 is 10.6 Å². The molecule has 2 aliphatic carbocycles. The number of rotatable bonds is 4. The average molecular weight is 312 g/mol. The van der Waals surface area contributed by atoms with Gasteiger partial charge in [-0.05, 0) is 53.0 Å². The highest BCUT2D eigenvalue weighted by Crippen LogP contribution is 2.62. The minimum atomic E-state index is 0.625. The maximum absolute atomic E-state index is 2.33. The predicted octanol–water partition coefficient (Wildman–Crippen LogP) is 4.31. The third-order valence-electron chi connectivity index (χ3n) is 5.17. The Hall–Kier alpha value is -0.700. The van der Waals surface area contributed by atoms with E-state index in [0.29, 0.717) is 5.16 Å². The van der Waals surface area contributed by atoms with Crippen molar-refractivity contribution < 1.29 is 0 Å². The van der Waals surface area contributed by atoms with Crippen molar-refractivity contribution in [2.45, 2.75) is 36.5 Å². The van der Waals surface area contributed by atoms with Crippen LogP contribution in [0.25, 0.3) is 0 Å². The van der Waals surface area contributed by atoms with Gasteiger partial charge in [-0.2, -0.15) is 0 Å². The molecule has 2 aliphatic rings. The van der Waals surface area contributed by atoms with Gasteiger partial charge in [0.25, 0.3) is 0 Å². The Balaban J connectivity index is 1.56. The van der Waals surface area contributed by atoms with Gasteiger partial charge < -0.3 is 0 Å². The summed E-state index contributed by atoms with van der Waals surface area (Å²) in [7, 11) is 2.01. The van der Waals surface area contributed by atoms with Gasteiger partial charge in [0.15, 0.2) is 0 Å². The summed E-state index contributed by atoms with van der Waals surface area (Å²) in [6, 6.07) is 22.4. The first-order valence-electron chi connectivity index (χ1n) is 7.99. The van der Waals surface area contributed by atoms with E-state index < -0.39 is 0 Å². The smallest absolute Gasteiger partial charge is 0.00107 e. The highest BCUT2D eigenvalue weighted by Gasteiger charge is 2.51. The highest BCUT2D eigenvalue weighted by atomic mass is 31.1. The van der Waals surface area contributed by atoms with Crippen LogP contribution in [0.3, 0.4) is 0 Å². The van der Waals surface area contributed by atoms with Gasteiger partial charge in [-0.15, -0.1) is 0 Å². The molecule has 0 radical (unpaired) electrons. The lowest BCUT2D eigenvalue weighted by Crippen LogP contribution is -2.32. The van der Waals surface area contributed by atoms with Gasteiger partial charge in [-0.1, -0.05) is 77.8 Å². The van der Waals surface area contributed by atoms with E-state index in [-0.39, 0.29) is 0 Å². The van der Waals surface area contributed by atoms with Crippen molar-refractivity contribution in [3.63, 3.8) is 0 Å². The van der Waals surface area contributed by atoms with Crippen molar-refractivity contribution in [3.05, 3.63) is 60.7 Å². The second-order valence-corrected chi connectivity index (χ2v) is 9.94. The molecule has 2 heteroatoms. The molecule has 0 N–H and O–H groups in total. The van der Waals surface area contributed by atoms with Crippen LogP contribution in [0.1, 0.15) is 25.7 Å². The molecule has 0 heterocycles. The fourth-order valence-corrected chi connectivity index (χ4v) is 8.30. The molecule has 0 spiro atoms. The van der Waals surface area contributed by atoms with Crippen LogP contribution in [0.4, 0.5) is 0 Å². The summed E-state index contributed by atoms with van der Waals surface area (Å²) in [4.78, 5) is 0. The summed E-state index contributed by atoms with van der Waals surface area (Å²) in [5.74, 6) is 1.02. The standard InChI is InChI=1S/C19H22P2/c1-3-7-16(8-4-1)20-18-13-15-11-12-19(18,14-15)21-17-9-5-2-6-10-17/h1-10,15,18,20-21H,11-14H2. The molecule has 0 aliphatic heterocycles. The molecule has 2 saturated carbocycles. The molecule has 0 aromatic heterocycles. The van der Waals surface area contributed by atoms with E-state index in [1.54, 1.807) is 10.6 Å².